The van der Waals surface area contributed by atoms with Gasteiger partial charge in [0.15, 0.2) is 5.11 Å². The van der Waals surface area contributed by atoms with Crippen LogP contribution in [0.1, 0.15) is 35.3 Å². The summed E-state index contributed by atoms with van der Waals surface area (Å²) in [6, 6.07) is 13.2. The van der Waals surface area contributed by atoms with E-state index in [1.165, 1.54) is 5.56 Å². The lowest BCUT2D eigenvalue weighted by molar-refractivity contribution is 0.0973. The van der Waals surface area contributed by atoms with Crippen molar-refractivity contribution in [3.05, 3.63) is 59.2 Å². The molecule has 0 fully saturated rings. The van der Waals surface area contributed by atoms with Gasteiger partial charge in [0.1, 0.15) is 5.75 Å². The van der Waals surface area contributed by atoms with E-state index in [-0.39, 0.29) is 11.0 Å². The maximum absolute atomic E-state index is 12.5. The molecule has 2 aromatic rings. The van der Waals surface area contributed by atoms with E-state index in [0.29, 0.717) is 23.8 Å². The zero-order valence-corrected chi connectivity index (χ0v) is 15.9. The zero-order chi connectivity index (χ0) is 18.4. The van der Waals surface area contributed by atoms with Gasteiger partial charge in [-0.15, -0.1) is 0 Å². The number of carbonyl (C=O) groups is 1. The third-order valence-electron chi connectivity index (χ3n) is 3.56. The van der Waals surface area contributed by atoms with Gasteiger partial charge in [0, 0.05) is 5.69 Å². The zero-order valence-electron chi connectivity index (χ0n) is 15.1. The van der Waals surface area contributed by atoms with E-state index >= 15 is 0 Å². The smallest absolute Gasteiger partial charge is 0.261 e. The summed E-state index contributed by atoms with van der Waals surface area (Å²) in [5, 5.41) is 6.04. The number of carbonyl (C=O) groups excluding carboxylic acids is 1. The monoisotopic (exact) mass is 356 g/mol. The molecule has 0 aliphatic carbocycles. The van der Waals surface area contributed by atoms with E-state index in [0.717, 1.165) is 11.3 Å². The number of ether oxygens (including phenoxy) is 1. The van der Waals surface area contributed by atoms with E-state index in [1.54, 1.807) is 18.2 Å². The van der Waals surface area contributed by atoms with Gasteiger partial charge in [-0.3, -0.25) is 10.1 Å². The molecular formula is C20H24N2O2S. The fourth-order valence-electron chi connectivity index (χ4n) is 2.31. The van der Waals surface area contributed by atoms with E-state index in [2.05, 4.69) is 30.5 Å². The van der Waals surface area contributed by atoms with E-state index in [4.69, 9.17) is 17.0 Å². The Morgan fingerprint density at radius 2 is 1.88 bits per heavy atom. The van der Waals surface area contributed by atoms with Crippen LogP contribution in [0.2, 0.25) is 0 Å². The van der Waals surface area contributed by atoms with Gasteiger partial charge in [-0.05, 0) is 55.7 Å². The summed E-state index contributed by atoms with van der Waals surface area (Å²) in [6.45, 7) is 8.70. The van der Waals surface area contributed by atoms with Crippen molar-refractivity contribution >= 4 is 28.9 Å². The Morgan fingerprint density at radius 1 is 1.16 bits per heavy atom. The molecule has 4 nitrogen and oxygen atoms in total. The summed E-state index contributed by atoms with van der Waals surface area (Å²) < 4.78 is 5.73. The number of hydrogen-bond donors (Lipinski definition) is 2. The molecule has 0 heterocycles. The maximum atomic E-state index is 12.5. The van der Waals surface area contributed by atoms with E-state index in [9.17, 15) is 4.79 Å². The quantitative estimate of drug-likeness (QED) is 0.777. The molecule has 25 heavy (non-hydrogen) atoms. The largest absolute Gasteiger partial charge is 0.492 e. The Hall–Kier alpha value is -2.40. The Balaban J connectivity index is 2.05. The first kappa shape index (κ1) is 18.9. The highest BCUT2D eigenvalue weighted by Gasteiger charge is 2.14. The number of hydrogen-bond acceptors (Lipinski definition) is 3. The predicted octanol–water partition coefficient (Wildman–Crippen LogP) is 4.47. The molecular weight excluding hydrogens is 332 g/mol. The van der Waals surface area contributed by atoms with Gasteiger partial charge in [0.25, 0.3) is 5.91 Å². The summed E-state index contributed by atoms with van der Waals surface area (Å²) in [5.41, 5.74) is 3.58. The Bertz CT molecular complexity index is 772. The van der Waals surface area contributed by atoms with Gasteiger partial charge in [0.05, 0.1) is 12.2 Å². The minimum Gasteiger partial charge on any atom is -0.492 e. The summed E-state index contributed by atoms with van der Waals surface area (Å²) >= 11 is 5.27. The van der Waals surface area contributed by atoms with Gasteiger partial charge in [0.2, 0.25) is 0 Å². The average Bonchev–Trinajstić information content (AvgIpc) is 2.55. The van der Waals surface area contributed by atoms with Crippen molar-refractivity contribution in [1.29, 1.82) is 0 Å². The highest BCUT2D eigenvalue weighted by molar-refractivity contribution is 7.80. The lowest BCUT2D eigenvalue weighted by atomic mass is 10.1. The molecule has 0 aromatic heterocycles. The van der Waals surface area contributed by atoms with Crippen LogP contribution in [0.3, 0.4) is 0 Å². The lowest BCUT2D eigenvalue weighted by Gasteiger charge is -2.15. The molecule has 0 saturated heterocycles. The fraction of sp³-hybridized carbons (Fsp3) is 0.300. The van der Waals surface area contributed by atoms with Crippen LogP contribution in [0.5, 0.6) is 5.75 Å². The van der Waals surface area contributed by atoms with Crippen molar-refractivity contribution in [2.24, 2.45) is 5.92 Å². The second kappa shape index (κ2) is 8.62. The number of benzene rings is 2. The molecule has 0 aliphatic heterocycles. The van der Waals surface area contributed by atoms with Crippen molar-refractivity contribution in [3.63, 3.8) is 0 Å². The molecule has 1 amide bonds. The Labute approximate surface area is 154 Å². The molecule has 5 heteroatoms. The summed E-state index contributed by atoms with van der Waals surface area (Å²) in [7, 11) is 0. The van der Waals surface area contributed by atoms with Crippen molar-refractivity contribution in [3.8, 4) is 5.75 Å². The number of rotatable bonds is 5. The Kier molecular flexibility index (Phi) is 6.53. The highest BCUT2D eigenvalue weighted by atomic mass is 32.1. The van der Waals surface area contributed by atoms with Crippen LogP contribution in [-0.2, 0) is 0 Å². The minimum absolute atomic E-state index is 0.260. The number of thiocarbonyl (C=S) groups is 1. The van der Waals surface area contributed by atoms with Crippen molar-refractivity contribution in [2.45, 2.75) is 27.7 Å². The number of anilines is 1. The SMILES string of the molecule is Cc1ccc(NC(=S)NC(=O)c2ccccc2OCC(C)C)c(C)c1. The van der Waals surface area contributed by atoms with Crippen LogP contribution in [-0.4, -0.2) is 17.6 Å². The van der Waals surface area contributed by atoms with Crippen LogP contribution in [0, 0.1) is 19.8 Å². The third kappa shape index (κ3) is 5.57. The molecule has 132 valence electrons. The number of nitrogens with one attached hydrogen (secondary N) is 2. The molecule has 0 spiro atoms. The topological polar surface area (TPSA) is 50.4 Å². The van der Waals surface area contributed by atoms with Gasteiger partial charge in [-0.25, -0.2) is 0 Å². The van der Waals surface area contributed by atoms with Crippen LogP contribution >= 0.6 is 12.2 Å². The van der Waals surface area contributed by atoms with Crippen molar-refractivity contribution in [2.75, 3.05) is 11.9 Å². The number of amides is 1. The van der Waals surface area contributed by atoms with Crippen LogP contribution in [0.15, 0.2) is 42.5 Å². The highest BCUT2D eigenvalue weighted by Crippen LogP contribution is 2.19. The first-order valence-electron chi connectivity index (χ1n) is 8.28. The molecule has 0 atom stereocenters. The van der Waals surface area contributed by atoms with Crippen LogP contribution < -0.4 is 15.4 Å². The van der Waals surface area contributed by atoms with Crippen molar-refractivity contribution in [1.82, 2.24) is 5.32 Å². The summed E-state index contributed by atoms with van der Waals surface area (Å²) in [6.07, 6.45) is 0. The van der Waals surface area contributed by atoms with Crippen molar-refractivity contribution < 1.29 is 9.53 Å². The molecule has 2 rings (SSSR count). The van der Waals surface area contributed by atoms with Crippen LogP contribution in [0.25, 0.3) is 0 Å². The number of para-hydroxylation sites is 1. The first-order chi connectivity index (χ1) is 11.9. The predicted molar refractivity (Wildman–Crippen MR) is 106 cm³/mol. The van der Waals surface area contributed by atoms with E-state index < -0.39 is 0 Å². The second-order valence-electron chi connectivity index (χ2n) is 6.43. The molecule has 2 N–H and O–H groups in total. The third-order valence-corrected chi connectivity index (χ3v) is 3.77. The van der Waals surface area contributed by atoms with Gasteiger partial charge in [-0.2, -0.15) is 0 Å². The van der Waals surface area contributed by atoms with Gasteiger partial charge < -0.3 is 10.1 Å². The average molecular weight is 356 g/mol. The fourth-order valence-corrected chi connectivity index (χ4v) is 2.52. The standard InChI is InChI=1S/C20H24N2O2S/c1-13(2)12-24-18-8-6-5-7-16(18)19(23)22-20(25)21-17-10-9-14(3)11-15(17)4/h5-11,13H,12H2,1-4H3,(H2,21,22,23,25). The summed E-state index contributed by atoms with van der Waals surface area (Å²) in [5.74, 6) is 0.646. The molecule has 2 aromatic carbocycles. The molecule has 0 aliphatic rings. The first-order valence-corrected chi connectivity index (χ1v) is 8.69. The molecule has 0 saturated carbocycles. The maximum Gasteiger partial charge on any atom is 0.261 e. The van der Waals surface area contributed by atoms with Gasteiger partial charge >= 0.3 is 0 Å². The Morgan fingerprint density at radius 3 is 2.56 bits per heavy atom. The van der Waals surface area contributed by atoms with E-state index in [1.807, 2.05) is 32.0 Å². The normalized spacial score (nSPS) is 10.4. The second-order valence-corrected chi connectivity index (χ2v) is 6.84. The lowest BCUT2D eigenvalue weighted by Crippen LogP contribution is -2.34. The minimum atomic E-state index is -0.290. The summed E-state index contributed by atoms with van der Waals surface area (Å²) in [4.78, 5) is 12.5. The van der Waals surface area contributed by atoms with Crippen LogP contribution in [0.4, 0.5) is 5.69 Å². The van der Waals surface area contributed by atoms with Gasteiger partial charge in [-0.1, -0.05) is 43.7 Å². The molecule has 0 bridgehead atoms. The molecule has 0 radical (unpaired) electrons. The number of aryl methyl sites for hydroxylation is 2. The molecule has 0 unspecified atom stereocenters.